The lowest BCUT2D eigenvalue weighted by Crippen LogP contribution is -2.12. The number of ether oxygens (including phenoxy) is 1. The number of aromatic nitrogens is 2. The lowest BCUT2D eigenvalue weighted by atomic mass is 10.2. The van der Waals surface area contributed by atoms with Crippen molar-refractivity contribution >= 4 is 34.0 Å². The van der Waals surface area contributed by atoms with Gasteiger partial charge in [0, 0.05) is 24.8 Å². The van der Waals surface area contributed by atoms with Gasteiger partial charge in [0.05, 0.1) is 0 Å². The number of carbonyl (C=O) groups excluding carboxylic acids is 2. The molecule has 0 saturated carbocycles. The number of anilines is 2. The molecule has 116 valence electrons. The number of nitrogens with zero attached hydrogens (tertiary/aromatic N) is 2. The zero-order chi connectivity index (χ0) is 15.9. The molecule has 0 fully saturated rings. The first-order valence-corrected chi connectivity index (χ1v) is 7.46. The fourth-order valence-electron chi connectivity index (χ4n) is 1.61. The molecule has 2 amide bonds. The van der Waals surface area contributed by atoms with Gasteiger partial charge >= 0.3 is 0 Å². The summed E-state index contributed by atoms with van der Waals surface area (Å²) in [5.41, 5.74) is 1.12. The summed E-state index contributed by atoms with van der Waals surface area (Å²) in [7, 11) is 1.57. The Balaban J connectivity index is 1.98. The lowest BCUT2D eigenvalue weighted by molar-refractivity contribution is -0.115. The first kappa shape index (κ1) is 16.1. The van der Waals surface area contributed by atoms with Crippen molar-refractivity contribution in [3.05, 3.63) is 34.8 Å². The maximum absolute atomic E-state index is 12.1. The van der Waals surface area contributed by atoms with Crippen molar-refractivity contribution in [2.24, 2.45) is 0 Å². The number of methoxy groups -OCH3 is 1. The average Bonchev–Trinajstić information content (AvgIpc) is 2.95. The Labute approximate surface area is 131 Å². The third kappa shape index (κ3) is 4.34. The summed E-state index contributed by atoms with van der Waals surface area (Å²) in [4.78, 5) is 23.4. The van der Waals surface area contributed by atoms with Gasteiger partial charge in [0.2, 0.25) is 11.0 Å². The second-order valence-electron chi connectivity index (χ2n) is 4.37. The maximum Gasteiger partial charge on any atom is 0.257 e. The van der Waals surface area contributed by atoms with Crippen LogP contribution in [0.5, 0.6) is 0 Å². The van der Waals surface area contributed by atoms with E-state index in [9.17, 15) is 9.59 Å². The highest BCUT2D eigenvalue weighted by atomic mass is 32.1. The number of hydrogen-bond donors (Lipinski definition) is 2. The molecule has 0 aliphatic rings. The van der Waals surface area contributed by atoms with Crippen molar-refractivity contribution in [1.82, 2.24) is 10.2 Å². The predicted molar refractivity (Wildman–Crippen MR) is 83.9 cm³/mol. The number of amides is 2. The molecule has 2 aromatic rings. The molecular weight excluding hydrogens is 304 g/mol. The van der Waals surface area contributed by atoms with E-state index in [1.54, 1.807) is 38.3 Å². The van der Waals surface area contributed by atoms with Crippen LogP contribution in [0.15, 0.2) is 24.3 Å². The molecule has 0 unspecified atom stereocenters. The quantitative estimate of drug-likeness (QED) is 0.852. The second-order valence-corrected chi connectivity index (χ2v) is 5.43. The summed E-state index contributed by atoms with van der Waals surface area (Å²) >= 11 is 1.26. The van der Waals surface area contributed by atoms with Crippen LogP contribution in [0, 0.1) is 0 Å². The zero-order valence-electron chi connectivity index (χ0n) is 12.3. The highest BCUT2D eigenvalue weighted by Crippen LogP contribution is 2.17. The molecule has 0 aliphatic heterocycles. The minimum absolute atomic E-state index is 0.0725. The van der Waals surface area contributed by atoms with Crippen molar-refractivity contribution in [1.29, 1.82) is 0 Å². The first-order chi connectivity index (χ1) is 10.6. The highest BCUT2D eigenvalue weighted by Gasteiger charge is 2.10. The van der Waals surface area contributed by atoms with Gasteiger partial charge in [-0.2, -0.15) is 0 Å². The second kappa shape index (κ2) is 7.62. The number of hydrogen-bond acceptors (Lipinski definition) is 6. The Hall–Kier alpha value is -2.32. The standard InChI is InChI=1S/C14H16N4O3S/c1-3-11(19)15-10-6-4-9(5-7-10)13(20)16-14-18-17-12(22-14)8-21-2/h4-7H,3,8H2,1-2H3,(H,15,19)(H,16,18,20). The van der Waals surface area contributed by atoms with E-state index in [0.717, 1.165) is 0 Å². The lowest BCUT2D eigenvalue weighted by Gasteiger charge is -2.05. The monoisotopic (exact) mass is 320 g/mol. The SMILES string of the molecule is CCC(=O)Nc1ccc(C(=O)Nc2nnc(COC)s2)cc1. The molecule has 0 aliphatic carbocycles. The van der Waals surface area contributed by atoms with E-state index in [-0.39, 0.29) is 11.8 Å². The van der Waals surface area contributed by atoms with Gasteiger partial charge in [0.1, 0.15) is 11.6 Å². The Bertz CT molecular complexity index is 654. The van der Waals surface area contributed by atoms with E-state index in [4.69, 9.17) is 4.74 Å². The van der Waals surface area contributed by atoms with Crippen molar-refractivity contribution in [2.75, 3.05) is 17.7 Å². The summed E-state index contributed by atoms with van der Waals surface area (Å²) in [6.45, 7) is 2.14. The van der Waals surface area contributed by atoms with Crippen molar-refractivity contribution in [3.63, 3.8) is 0 Å². The van der Waals surface area contributed by atoms with E-state index in [2.05, 4.69) is 20.8 Å². The van der Waals surface area contributed by atoms with E-state index in [1.165, 1.54) is 11.3 Å². The van der Waals surface area contributed by atoms with E-state index in [0.29, 0.717) is 34.4 Å². The molecule has 0 atom stereocenters. The minimum Gasteiger partial charge on any atom is -0.377 e. The molecule has 1 heterocycles. The molecule has 8 heteroatoms. The molecule has 0 bridgehead atoms. The topological polar surface area (TPSA) is 93.2 Å². The van der Waals surface area contributed by atoms with Crippen LogP contribution in [0.4, 0.5) is 10.8 Å². The molecular formula is C14H16N4O3S. The van der Waals surface area contributed by atoms with Crippen LogP contribution in [-0.2, 0) is 16.1 Å². The number of rotatable bonds is 6. The Morgan fingerprint density at radius 2 is 1.91 bits per heavy atom. The summed E-state index contributed by atoms with van der Waals surface area (Å²) in [5, 5.41) is 14.3. The summed E-state index contributed by atoms with van der Waals surface area (Å²) < 4.78 is 4.95. The molecule has 22 heavy (non-hydrogen) atoms. The van der Waals surface area contributed by atoms with Gasteiger partial charge < -0.3 is 10.1 Å². The summed E-state index contributed by atoms with van der Waals surface area (Å²) in [6.07, 6.45) is 0.406. The van der Waals surface area contributed by atoms with Crippen LogP contribution in [0.2, 0.25) is 0 Å². The first-order valence-electron chi connectivity index (χ1n) is 6.65. The van der Waals surface area contributed by atoms with E-state index >= 15 is 0 Å². The highest BCUT2D eigenvalue weighted by molar-refractivity contribution is 7.15. The predicted octanol–water partition coefficient (Wildman–Crippen LogP) is 2.29. The molecule has 0 radical (unpaired) electrons. The Morgan fingerprint density at radius 1 is 1.18 bits per heavy atom. The van der Waals surface area contributed by atoms with Crippen LogP contribution in [0.3, 0.4) is 0 Å². The van der Waals surface area contributed by atoms with Crippen molar-refractivity contribution in [3.8, 4) is 0 Å². The molecule has 7 nitrogen and oxygen atoms in total. The van der Waals surface area contributed by atoms with Gasteiger partial charge in [0.15, 0.2) is 0 Å². The summed E-state index contributed by atoms with van der Waals surface area (Å²) in [6, 6.07) is 6.63. The van der Waals surface area contributed by atoms with E-state index in [1.807, 2.05) is 0 Å². The Kier molecular flexibility index (Phi) is 5.56. The number of benzene rings is 1. The molecule has 1 aromatic carbocycles. The van der Waals surface area contributed by atoms with Gasteiger partial charge in [-0.3, -0.25) is 14.9 Å². The summed E-state index contributed by atoms with van der Waals surface area (Å²) in [5.74, 6) is -0.356. The van der Waals surface area contributed by atoms with Gasteiger partial charge in [-0.05, 0) is 24.3 Å². The average molecular weight is 320 g/mol. The van der Waals surface area contributed by atoms with Gasteiger partial charge in [0.25, 0.3) is 5.91 Å². The van der Waals surface area contributed by atoms with Gasteiger partial charge in [-0.1, -0.05) is 18.3 Å². The molecule has 2 rings (SSSR count). The maximum atomic E-state index is 12.1. The number of nitrogens with one attached hydrogen (secondary N) is 2. The van der Waals surface area contributed by atoms with Crippen LogP contribution in [0.1, 0.15) is 28.7 Å². The minimum atomic E-state index is -0.284. The van der Waals surface area contributed by atoms with Crippen molar-refractivity contribution in [2.45, 2.75) is 20.0 Å². The smallest absolute Gasteiger partial charge is 0.257 e. The van der Waals surface area contributed by atoms with E-state index < -0.39 is 0 Å². The molecule has 2 N–H and O–H groups in total. The van der Waals surface area contributed by atoms with Crippen LogP contribution in [-0.4, -0.2) is 29.1 Å². The van der Waals surface area contributed by atoms with Crippen molar-refractivity contribution < 1.29 is 14.3 Å². The molecule has 1 aromatic heterocycles. The van der Waals surface area contributed by atoms with Crippen LogP contribution < -0.4 is 10.6 Å². The van der Waals surface area contributed by atoms with Crippen LogP contribution >= 0.6 is 11.3 Å². The fourth-order valence-corrected chi connectivity index (χ4v) is 2.32. The molecule has 0 saturated heterocycles. The molecule has 0 spiro atoms. The number of carbonyl (C=O) groups is 2. The third-order valence-corrected chi connectivity index (χ3v) is 3.52. The normalized spacial score (nSPS) is 10.3. The zero-order valence-corrected chi connectivity index (χ0v) is 13.1. The Morgan fingerprint density at radius 3 is 2.55 bits per heavy atom. The third-order valence-electron chi connectivity index (χ3n) is 2.71. The largest absolute Gasteiger partial charge is 0.377 e. The van der Waals surface area contributed by atoms with Crippen LogP contribution in [0.25, 0.3) is 0 Å². The fraction of sp³-hybridized carbons (Fsp3) is 0.286. The van der Waals surface area contributed by atoms with Gasteiger partial charge in [-0.25, -0.2) is 0 Å². The van der Waals surface area contributed by atoms with Gasteiger partial charge in [-0.15, -0.1) is 10.2 Å².